The topological polar surface area (TPSA) is 99.2 Å². The van der Waals surface area contributed by atoms with Crippen molar-refractivity contribution in [3.8, 4) is 0 Å². The van der Waals surface area contributed by atoms with Gasteiger partial charge in [-0.1, -0.05) is 12.6 Å². The van der Waals surface area contributed by atoms with Crippen molar-refractivity contribution >= 4 is 35.0 Å². The minimum atomic E-state index is -4.74. The molecule has 3 N–H and O–H groups in total. The average molecular weight is 480 g/mol. The van der Waals surface area contributed by atoms with E-state index in [1.54, 1.807) is 19.1 Å². The summed E-state index contributed by atoms with van der Waals surface area (Å²) in [7, 11) is 0. The van der Waals surface area contributed by atoms with Gasteiger partial charge in [-0.05, 0) is 43.5 Å². The van der Waals surface area contributed by atoms with Gasteiger partial charge in [0.2, 0.25) is 11.9 Å². The van der Waals surface area contributed by atoms with Crippen molar-refractivity contribution in [2.45, 2.75) is 32.0 Å². The SMILES string of the molecule is C=CC(=O)Nc1cc(C)ccc1Nc1nc(N[C@H]2CCCN(C(=O)CF)C2)ncc1C(F)(F)F. The van der Waals surface area contributed by atoms with Crippen molar-refractivity contribution in [1.82, 2.24) is 14.9 Å². The van der Waals surface area contributed by atoms with Crippen LogP contribution in [0.25, 0.3) is 0 Å². The number of aromatic nitrogens is 2. The lowest BCUT2D eigenvalue weighted by atomic mass is 10.1. The maximum Gasteiger partial charge on any atom is 0.421 e. The lowest BCUT2D eigenvalue weighted by Crippen LogP contribution is -2.45. The summed E-state index contributed by atoms with van der Waals surface area (Å²) in [4.78, 5) is 32.6. The molecule has 1 aliphatic heterocycles. The summed E-state index contributed by atoms with van der Waals surface area (Å²) in [5, 5.41) is 8.13. The molecule has 0 unspecified atom stereocenters. The Morgan fingerprint density at radius 1 is 1.29 bits per heavy atom. The summed E-state index contributed by atoms with van der Waals surface area (Å²) in [6.07, 6.45) is -1.84. The zero-order valence-electron chi connectivity index (χ0n) is 18.4. The van der Waals surface area contributed by atoms with E-state index in [0.29, 0.717) is 25.6 Å². The molecule has 1 saturated heterocycles. The minimum Gasteiger partial charge on any atom is -0.350 e. The number of carbonyl (C=O) groups is 2. The molecule has 0 radical (unpaired) electrons. The molecule has 1 atom stereocenters. The molecule has 0 aliphatic carbocycles. The number of anilines is 4. The van der Waals surface area contributed by atoms with Crippen molar-refractivity contribution in [1.29, 1.82) is 0 Å². The van der Waals surface area contributed by atoms with Gasteiger partial charge in [-0.2, -0.15) is 18.2 Å². The summed E-state index contributed by atoms with van der Waals surface area (Å²) in [5.41, 5.74) is 0.111. The highest BCUT2D eigenvalue weighted by Crippen LogP contribution is 2.36. The second kappa shape index (κ2) is 10.5. The van der Waals surface area contributed by atoms with Gasteiger partial charge in [-0.25, -0.2) is 9.37 Å². The Labute approximate surface area is 193 Å². The Kier molecular flexibility index (Phi) is 7.69. The van der Waals surface area contributed by atoms with Gasteiger partial charge in [0.05, 0.1) is 11.4 Å². The van der Waals surface area contributed by atoms with E-state index < -0.39 is 36.0 Å². The fourth-order valence-electron chi connectivity index (χ4n) is 3.52. The second-order valence-electron chi connectivity index (χ2n) is 7.78. The normalized spacial score (nSPS) is 16.0. The molecule has 0 spiro atoms. The van der Waals surface area contributed by atoms with Crippen molar-refractivity contribution in [2.75, 3.05) is 35.7 Å². The highest BCUT2D eigenvalue weighted by molar-refractivity contribution is 6.01. The predicted octanol–water partition coefficient (Wildman–Crippen LogP) is 4.04. The molecule has 8 nitrogen and oxygen atoms in total. The van der Waals surface area contributed by atoms with Gasteiger partial charge >= 0.3 is 6.18 Å². The fraction of sp³-hybridized carbons (Fsp3) is 0.364. The number of hydrogen-bond acceptors (Lipinski definition) is 6. The summed E-state index contributed by atoms with van der Waals surface area (Å²) in [6, 6.07) is 4.43. The molecule has 1 fully saturated rings. The van der Waals surface area contributed by atoms with Crippen molar-refractivity contribution in [3.63, 3.8) is 0 Å². The van der Waals surface area contributed by atoms with E-state index in [0.717, 1.165) is 11.6 Å². The van der Waals surface area contributed by atoms with Crippen molar-refractivity contribution in [3.05, 3.63) is 48.2 Å². The minimum absolute atomic E-state index is 0.0844. The summed E-state index contributed by atoms with van der Waals surface area (Å²) >= 11 is 0. The standard InChI is InChI=1S/C22H24F4N6O2/c1-3-18(33)29-17-9-13(2)6-7-16(17)30-20-15(22(24,25)26)11-27-21(31-20)28-14-5-4-8-32(12-14)19(34)10-23/h3,6-7,9,11,14H,1,4-5,8,10,12H2,2H3,(H,29,33)(H2,27,28,30,31)/t14-/m0/s1. The predicted molar refractivity (Wildman–Crippen MR) is 120 cm³/mol. The Morgan fingerprint density at radius 3 is 2.74 bits per heavy atom. The maximum atomic E-state index is 13.6. The van der Waals surface area contributed by atoms with Crippen LogP contribution in [0.2, 0.25) is 0 Å². The zero-order valence-corrected chi connectivity index (χ0v) is 18.4. The zero-order chi connectivity index (χ0) is 24.9. The Balaban J connectivity index is 1.90. The van der Waals surface area contributed by atoms with Gasteiger partial charge in [0.15, 0.2) is 6.67 Å². The molecular weight excluding hydrogens is 456 g/mol. The maximum absolute atomic E-state index is 13.6. The Bertz CT molecular complexity index is 1080. The van der Waals surface area contributed by atoms with E-state index in [2.05, 4.69) is 32.5 Å². The van der Waals surface area contributed by atoms with E-state index in [1.165, 1.54) is 11.0 Å². The van der Waals surface area contributed by atoms with Crippen LogP contribution in [0.5, 0.6) is 0 Å². The number of amides is 2. The molecule has 2 amide bonds. The molecule has 1 aromatic carbocycles. The molecule has 34 heavy (non-hydrogen) atoms. The van der Waals surface area contributed by atoms with Gasteiger partial charge in [0.25, 0.3) is 5.91 Å². The van der Waals surface area contributed by atoms with E-state index in [1.807, 2.05) is 0 Å². The molecular formula is C22H24F4N6O2. The van der Waals surface area contributed by atoms with Gasteiger partial charge in [-0.15, -0.1) is 0 Å². The number of rotatable bonds is 7. The molecule has 2 heterocycles. The molecule has 0 bridgehead atoms. The number of alkyl halides is 4. The third-order valence-corrected chi connectivity index (χ3v) is 5.19. The van der Waals surface area contributed by atoms with Crippen molar-refractivity contribution in [2.24, 2.45) is 0 Å². The van der Waals surface area contributed by atoms with E-state index >= 15 is 0 Å². The first kappa shape index (κ1) is 24.9. The first-order chi connectivity index (χ1) is 16.1. The highest BCUT2D eigenvalue weighted by Gasteiger charge is 2.36. The van der Waals surface area contributed by atoms with Crippen LogP contribution in [0.1, 0.15) is 24.0 Å². The molecule has 1 aliphatic rings. The number of likely N-dealkylation sites (tertiary alicyclic amines) is 1. The Morgan fingerprint density at radius 2 is 2.06 bits per heavy atom. The molecule has 1 aromatic heterocycles. The van der Waals surface area contributed by atoms with Crippen LogP contribution < -0.4 is 16.0 Å². The molecule has 2 aromatic rings. The van der Waals surface area contributed by atoms with E-state index in [4.69, 9.17) is 0 Å². The average Bonchev–Trinajstić information content (AvgIpc) is 2.79. The van der Waals surface area contributed by atoms with Gasteiger partial charge in [0.1, 0.15) is 11.4 Å². The largest absolute Gasteiger partial charge is 0.421 e. The first-order valence-corrected chi connectivity index (χ1v) is 10.5. The van der Waals surface area contributed by atoms with Crippen LogP contribution in [0.4, 0.5) is 40.7 Å². The number of piperidine rings is 1. The van der Waals surface area contributed by atoms with Crippen LogP contribution in [-0.2, 0) is 15.8 Å². The second-order valence-corrected chi connectivity index (χ2v) is 7.78. The number of benzene rings is 1. The van der Waals surface area contributed by atoms with Gasteiger partial charge in [-0.3, -0.25) is 9.59 Å². The van der Waals surface area contributed by atoms with E-state index in [9.17, 15) is 27.2 Å². The summed E-state index contributed by atoms with van der Waals surface area (Å²) < 4.78 is 53.7. The summed E-state index contributed by atoms with van der Waals surface area (Å²) in [6.45, 7) is 4.62. The smallest absolute Gasteiger partial charge is 0.350 e. The van der Waals surface area contributed by atoms with Crippen molar-refractivity contribution < 1.29 is 27.2 Å². The number of aryl methyl sites for hydroxylation is 1. The molecule has 12 heteroatoms. The highest BCUT2D eigenvalue weighted by atomic mass is 19.4. The summed E-state index contributed by atoms with van der Waals surface area (Å²) in [5.74, 6) is -1.77. The van der Waals surface area contributed by atoms with Gasteiger partial charge in [0, 0.05) is 25.3 Å². The number of carbonyl (C=O) groups excluding carboxylic acids is 2. The fourth-order valence-corrected chi connectivity index (χ4v) is 3.52. The van der Waals surface area contributed by atoms with Crippen LogP contribution >= 0.6 is 0 Å². The van der Waals surface area contributed by atoms with Crippen LogP contribution in [0.15, 0.2) is 37.1 Å². The monoisotopic (exact) mass is 480 g/mol. The lowest BCUT2D eigenvalue weighted by molar-refractivity contribution is -0.137. The first-order valence-electron chi connectivity index (χ1n) is 10.5. The van der Waals surface area contributed by atoms with Crippen LogP contribution in [0.3, 0.4) is 0 Å². The Hall–Kier alpha value is -3.70. The quantitative estimate of drug-likeness (QED) is 0.409. The third kappa shape index (κ3) is 6.21. The van der Waals surface area contributed by atoms with Crippen LogP contribution in [-0.4, -0.2) is 52.5 Å². The lowest BCUT2D eigenvalue weighted by Gasteiger charge is -2.32. The number of hydrogen-bond donors (Lipinski definition) is 3. The van der Waals surface area contributed by atoms with Crippen LogP contribution in [0, 0.1) is 6.92 Å². The number of nitrogens with one attached hydrogen (secondary N) is 3. The van der Waals surface area contributed by atoms with E-state index in [-0.39, 0.29) is 29.9 Å². The number of halogens is 4. The third-order valence-electron chi connectivity index (χ3n) is 5.19. The molecule has 0 saturated carbocycles. The molecule has 182 valence electrons. The molecule has 3 rings (SSSR count). The number of nitrogens with zero attached hydrogens (tertiary/aromatic N) is 3. The van der Waals surface area contributed by atoms with Gasteiger partial charge < -0.3 is 20.9 Å².